The van der Waals surface area contributed by atoms with Crippen molar-refractivity contribution in [1.29, 1.82) is 0 Å². The smallest absolute Gasteiger partial charge is 0.306 e. The van der Waals surface area contributed by atoms with E-state index in [2.05, 4.69) is 4.98 Å². The number of likely N-dealkylation sites (N-methyl/N-ethyl adjacent to an activating group) is 1. The number of hydrogen-bond acceptors (Lipinski definition) is 5. The third-order valence-electron chi connectivity index (χ3n) is 5.03. The monoisotopic (exact) mass is 386 g/mol. The van der Waals surface area contributed by atoms with Gasteiger partial charge in [0.2, 0.25) is 11.8 Å². The highest BCUT2D eigenvalue weighted by atomic mass is 16.4. The largest absolute Gasteiger partial charge is 0.481 e. The van der Waals surface area contributed by atoms with Crippen molar-refractivity contribution in [2.75, 3.05) is 26.7 Å². The van der Waals surface area contributed by atoms with Crippen LogP contribution in [-0.4, -0.2) is 68.9 Å². The van der Waals surface area contributed by atoms with Gasteiger partial charge >= 0.3 is 5.97 Å². The van der Waals surface area contributed by atoms with Gasteiger partial charge in [-0.3, -0.25) is 23.7 Å². The van der Waals surface area contributed by atoms with Gasteiger partial charge in [0, 0.05) is 20.1 Å². The number of hydrogen-bond donors (Lipinski definition) is 1. The summed E-state index contributed by atoms with van der Waals surface area (Å²) in [6, 6.07) is 6.89. The van der Waals surface area contributed by atoms with Crippen molar-refractivity contribution < 1.29 is 19.5 Å². The van der Waals surface area contributed by atoms with E-state index in [0.29, 0.717) is 36.8 Å². The van der Waals surface area contributed by atoms with E-state index in [1.807, 2.05) is 0 Å². The van der Waals surface area contributed by atoms with Crippen molar-refractivity contribution in [2.45, 2.75) is 19.4 Å². The first-order chi connectivity index (χ1) is 13.4. The zero-order valence-corrected chi connectivity index (χ0v) is 15.6. The Labute approximate surface area is 161 Å². The molecule has 1 aliphatic rings. The van der Waals surface area contributed by atoms with Gasteiger partial charge < -0.3 is 14.9 Å². The molecule has 0 saturated carbocycles. The molecule has 1 aliphatic heterocycles. The van der Waals surface area contributed by atoms with E-state index in [1.54, 1.807) is 29.2 Å². The second-order valence-corrected chi connectivity index (χ2v) is 6.94. The summed E-state index contributed by atoms with van der Waals surface area (Å²) >= 11 is 0. The van der Waals surface area contributed by atoms with Crippen molar-refractivity contribution in [2.24, 2.45) is 5.92 Å². The van der Waals surface area contributed by atoms with Crippen LogP contribution in [0.25, 0.3) is 10.9 Å². The lowest BCUT2D eigenvalue weighted by atomic mass is 9.97. The summed E-state index contributed by atoms with van der Waals surface area (Å²) in [6.07, 6.45) is 2.16. The molecule has 9 heteroatoms. The maximum atomic E-state index is 12.5. The predicted molar refractivity (Wildman–Crippen MR) is 101 cm³/mol. The summed E-state index contributed by atoms with van der Waals surface area (Å²) in [5, 5.41) is 9.45. The normalized spacial score (nSPS) is 14.8. The van der Waals surface area contributed by atoms with E-state index in [1.165, 1.54) is 22.8 Å². The topological polar surface area (TPSA) is 113 Å². The molecule has 0 bridgehead atoms. The maximum Gasteiger partial charge on any atom is 0.306 e. The minimum atomic E-state index is -0.839. The van der Waals surface area contributed by atoms with Crippen LogP contribution in [0.15, 0.2) is 35.4 Å². The fraction of sp³-hybridized carbons (Fsp3) is 0.421. The summed E-state index contributed by atoms with van der Waals surface area (Å²) in [6.45, 7) is 0.408. The molecule has 1 aromatic heterocycles. The first-order valence-electron chi connectivity index (χ1n) is 9.05. The van der Waals surface area contributed by atoms with Crippen LogP contribution in [0.3, 0.4) is 0 Å². The first kappa shape index (κ1) is 19.5. The second-order valence-electron chi connectivity index (χ2n) is 6.94. The Balaban J connectivity index is 1.59. The number of aliphatic carboxylic acids is 1. The summed E-state index contributed by atoms with van der Waals surface area (Å²) in [5.41, 5.74) is 0.249. The van der Waals surface area contributed by atoms with Gasteiger partial charge in [-0.2, -0.15) is 0 Å². The van der Waals surface area contributed by atoms with Gasteiger partial charge in [-0.15, -0.1) is 0 Å². The van der Waals surface area contributed by atoms with Gasteiger partial charge in [0.25, 0.3) is 5.56 Å². The molecule has 1 N–H and O–H groups in total. The fourth-order valence-electron chi connectivity index (χ4n) is 3.25. The molecule has 0 unspecified atom stereocenters. The van der Waals surface area contributed by atoms with Crippen molar-refractivity contribution >= 4 is 28.7 Å². The first-order valence-corrected chi connectivity index (χ1v) is 9.05. The van der Waals surface area contributed by atoms with Crippen LogP contribution >= 0.6 is 0 Å². The van der Waals surface area contributed by atoms with Crippen molar-refractivity contribution in [3.8, 4) is 0 Å². The summed E-state index contributed by atoms with van der Waals surface area (Å²) in [5.74, 6) is -1.87. The molecule has 2 heterocycles. The van der Waals surface area contributed by atoms with E-state index < -0.39 is 11.9 Å². The van der Waals surface area contributed by atoms with E-state index in [0.717, 1.165) is 0 Å². The van der Waals surface area contributed by atoms with Crippen LogP contribution in [0, 0.1) is 5.92 Å². The van der Waals surface area contributed by atoms with E-state index >= 15 is 0 Å². The van der Waals surface area contributed by atoms with E-state index in [9.17, 15) is 19.2 Å². The minimum Gasteiger partial charge on any atom is -0.481 e. The minimum absolute atomic E-state index is 0.119. The molecule has 28 heavy (non-hydrogen) atoms. The number of aromatic nitrogens is 2. The number of nitrogens with zero attached hydrogens (tertiary/aromatic N) is 4. The lowest BCUT2D eigenvalue weighted by molar-refractivity contribution is -0.146. The number of carbonyl (C=O) groups is 3. The van der Waals surface area contributed by atoms with Crippen LogP contribution < -0.4 is 5.56 Å². The molecule has 148 valence electrons. The number of fused-ring (bicyclic) bond motifs is 1. The number of amides is 2. The van der Waals surface area contributed by atoms with Gasteiger partial charge in [0.05, 0.1) is 29.7 Å². The molecular formula is C19H22N4O5. The molecule has 2 aromatic rings. The van der Waals surface area contributed by atoms with Crippen LogP contribution in [0.1, 0.15) is 12.8 Å². The third kappa shape index (κ3) is 4.19. The highest BCUT2D eigenvalue weighted by molar-refractivity contribution is 5.85. The van der Waals surface area contributed by atoms with Crippen molar-refractivity contribution in [3.05, 3.63) is 40.9 Å². The van der Waals surface area contributed by atoms with Gasteiger partial charge in [-0.25, -0.2) is 4.98 Å². The second kappa shape index (κ2) is 8.20. The number of para-hydroxylation sites is 1. The Hall–Kier alpha value is -3.23. The third-order valence-corrected chi connectivity index (χ3v) is 5.03. The molecular weight excluding hydrogens is 364 g/mol. The van der Waals surface area contributed by atoms with Crippen molar-refractivity contribution in [1.82, 2.24) is 19.4 Å². The zero-order valence-electron chi connectivity index (χ0n) is 15.6. The van der Waals surface area contributed by atoms with Crippen LogP contribution in [0.4, 0.5) is 0 Å². The average molecular weight is 386 g/mol. The molecule has 0 spiro atoms. The number of carbonyl (C=O) groups excluding carboxylic acids is 2. The number of benzene rings is 1. The van der Waals surface area contributed by atoms with E-state index in [-0.39, 0.29) is 30.5 Å². The molecule has 9 nitrogen and oxygen atoms in total. The highest BCUT2D eigenvalue weighted by Crippen LogP contribution is 2.17. The van der Waals surface area contributed by atoms with Gasteiger partial charge in [0.1, 0.15) is 6.54 Å². The summed E-state index contributed by atoms with van der Waals surface area (Å²) < 4.78 is 1.23. The Morgan fingerprint density at radius 1 is 1.21 bits per heavy atom. The molecule has 2 amide bonds. The fourth-order valence-corrected chi connectivity index (χ4v) is 3.25. The number of carboxylic acid groups (broad SMARTS) is 1. The highest BCUT2D eigenvalue weighted by Gasteiger charge is 2.27. The molecule has 0 atom stereocenters. The Morgan fingerprint density at radius 3 is 2.57 bits per heavy atom. The Morgan fingerprint density at radius 2 is 1.89 bits per heavy atom. The summed E-state index contributed by atoms with van der Waals surface area (Å²) in [4.78, 5) is 55.3. The molecule has 1 aromatic carbocycles. The molecule has 0 aliphatic carbocycles. The standard InChI is InChI=1S/C19H22N4O5/c1-21(10-17(25)22-8-6-13(7-9-22)19(27)28)16(24)11-23-12-20-15-5-3-2-4-14(15)18(23)26/h2-5,12-13H,6-11H2,1H3,(H,27,28). The molecule has 1 saturated heterocycles. The Kier molecular flexibility index (Phi) is 5.72. The van der Waals surface area contributed by atoms with Gasteiger partial charge in [-0.1, -0.05) is 12.1 Å². The van der Waals surface area contributed by atoms with Crippen molar-refractivity contribution in [3.63, 3.8) is 0 Å². The molecule has 1 fully saturated rings. The summed E-state index contributed by atoms with van der Waals surface area (Å²) in [7, 11) is 1.50. The number of rotatable bonds is 5. The lowest BCUT2D eigenvalue weighted by Crippen LogP contribution is -2.46. The SMILES string of the molecule is CN(CC(=O)N1CCC(C(=O)O)CC1)C(=O)Cn1cnc2ccccc2c1=O. The van der Waals surface area contributed by atoms with Crippen LogP contribution in [0.2, 0.25) is 0 Å². The van der Waals surface area contributed by atoms with Gasteiger partial charge in [-0.05, 0) is 25.0 Å². The Bertz CT molecular complexity index is 962. The maximum absolute atomic E-state index is 12.5. The van der Waals surface area contributed by atoms with Crippen LogP contribution in [-0.2, 0) is 20.9 Å². The molecule has 3 rings (SSSR count). The van der Waals surface area contributed by atoms with E-state index in [4.69, 9.17) is 5.11 Å². The zero-order chi connectivity index (χ0) is 20.3. The predicted octanol–water partition coefficient (Wildman–Crippen LogP) is 0.178. The lowest BCUT2D eigenvalue weighted by Gasteiger charge is -2.31. The average Bonchev–Trinajstić information content (AvgIpc) is 2.70. The molecule has 0 radical (unpaired) electrons. The number of carboxylic acids is 1. The number of likely N-dealkylation sites (tertiary alicyclic amines) is 1. The quantitative estimate of drug-likeness (QED) is 0.784. The van der Waals surface area contributed by atoms with Crippen LogP contribution in [0.5, 0.6) is 0 Å². The van der Waals surface area contributed by atoms with Gasteiger partial charge in [0.15, 0.2) is 0 Å². The number of piperidine rings is 1.